The zero-order valence-electron chi connectivity index (χ0n) is 6.03. The summed E-state index contributed by atoms with van der Waals surface area (Å²) in [6.45, 7) is 5.65. The van der Waals surface area contributed by atoms with E-state index in [0.29, 0.717) is 5.41 Å². The largest absolute Gasteiger partial charge is 0.247 e. The summed E-state index contributed by atoms with van der Waals surface area (Å²) in [5, 5.41) is 0. The summed E-state index contributed by atoms with van der Waals surface area (Å²) in [4.78, 5) is 3.04. The van der Waals surface area contributed by atoms with Crippen LogP contribution in [0.15, 0.2) is 0 Å². The minimum absolute atomic E-state index is 0.510. The molecule has 2 nitrogen and oxygen atoms in total. The van der Waals surface area contributed by atoms with Crippen LogP contribution in [0.4, 0.5) is 0 Å². The molecule has 1 unspecified atom stereocenters. The molecule has 9 heavy (non-hydrogen) atoms. The molecular weight excluding hydrogens is 132 g/mol. The second-order valence-corrected chi connectivity index (χ2v) is 3.69. The van der Waals surface area contributed by atoms with E-state index in [1.165, 1.54) is 12.2 Å². The maximum absolute atomic E-state index is 3.14. The molecular formula is C6H14N2S. The average Bonchev–Trinajstić information content (AvgIpc) is 1.90. The number of hydrogen-bond acceptors (Lipinski definition) is 3. The van der Waals surface area contributed by atoms with Crippen molar-refractivity contribution in [3.05, 3.63) is 0 Å². The molecule has 0 aromatic rings. The molecule has 3 heteroatoms. The minimum atomic E-state index is 0.510. The van der Waals surface area contributed by atoms with Crippen LogP contribution in [-0.2, 0) is 0 Å². The van der Waals surface area contributed by atoms with Gasteiger partial charge in [-0.3, -0.25) is 0 Å². The topological polar surface area (TPSA) is 24.1 Å². The van der Waals surface area contributed by atoms with Crippen LogP contribution in [0.1, 0.15) is 20.3 Å². The average molecular weight is 146 g/mol. The fourth-order valence-corrected chi connectivity index (χ4v) is 1.69. The second kappa shape index (κ2) is 2.90. The lowest BCUT2D eigenvalue weighted by Gasteiger charge is -2.32. The highest BCUT2D eigenvalue weighted by molar-refractivity contribution is 7.97. The Morgan fingerprint density at radius 3 is 2.78 bits per heavy atom. The van der Waals surface area contributed by atoms with E-state index in [4.69, 9.17) is 0 Å². The molecule has 1 aliphatic rings. The minimum Gasteiger partial charge on any atom is -0.247 e. The van der Waals surface area contributed by atoms with Crippen molar-refractivity contribution >= 4 is 11.9 Å². The monoisotopic (exact) mass is 146 g/mol. The quantitative estimate of drug-likeness (QED) is 0.543. The first-order valence-electron chi connectivity index (χ1n) is 3.36. The lowest BCUT2D eigenvalue weighted by molar-refractivity contribution is 0.319. The molecule has 0 bridgehead atoms. The molecule has 0 radical (unpaired) electrons. The molecule has 54 valence electrons. The zero-order chi connectivity index (χ0) is 6.74. The molecule has 0 aromatic heterocycles. The number of hydrazine groups is 1. The van der Waals surface area contributed by atoms with Crippen molar-refractivity contribution in [2.75, 3.05) is 12.3 Å². The van der Waals surface area contributed by atoms with Crippen LogP contribution in [0.5, 0.6) is 0 Å². The van der Waals surface area contributed by atoms with E-state index < -0.39 is 0 Å². The van der Waals surface area contributed by atoms with Crippen LogP contribution in [0, 0.1) is 5.41 Å². The van der Waals surface area contributed by atoms with Gasteiger partial charge in [0.15, 0.2) is 0 Å². The predicted molar refractivity (Wildman–Crippen MR) is 42.0 cm³/mol. The summed E-state index contributed by atoms with van der Waals surface area (Å²) in [6.07, 6.45) is 1.26. The Bertz CT molecular complexity index is 89.1. The molecule has 0 saturated carbocycles. The zero-order valence-corrected chi connectivity index (χ0v) is 6.85. The maximum atomic E-state index is 3.14. The van der Waals surface area contributed by atoms with Gasteiger partial charge < -0.3 is 0 Å². The Kier molecular flexibility index (Phi) is 2.38. The van der Waals surface area contributed by atoms with Crippen LogP contribution in [0.2, 0.25) is 0 Å². The summed E-state index contributed by atoms with van der Waals surface area (Å²) in [6, 6.07) is 0. The molecule has 0 amide bonds. The van der Waals surface area contributed by atoms with Gasteiger partial charge in [0.25, 0.3) is 0 Å². The fourth-order valence-electron chi connectivity index (χ4n) is 0.789. The van der Waals surface area contributed by atoms with Crippen LogP contribution in [0.3, 0.4) is 0 Å². The summed E-state index contributed by atoms with van der Waals surface area (Å²) in [7, 11) is 0. The van der Waals surface area contributed by atoms with Gasteiger partial charge in [0.05, 0.1) is 0 Å². The van der Waals surface area contributed by atoms with Gasteiger partial charge in [0.2, 0.25) is 0 Å². The highest BCUT2D eigenvalue weighted by Gasteiger charge is 2.24. The van der Waals surface area contributed by atoms with Crippen LogP contribution in [0.25, 0.3) is 0 Å². The lowest BCUT2D eigenvalue weighted by Crippen LogP contribution is -2.44. The van der Waals surface area contributed by atoms with Crippen molar-refractivity contribution in [3.63, 3.8) is 0 Å². The molecule has 0 spiro atoms. The highest BCUT2D eigenvalue weighted by atomic mass is 32.2. The van der Waals surface area contributed by atoms with Crippen molar-refractivity contribution in [2.45, 2.75) is 20.3 Å². The Hall–Kier alpha value is 0.270. The van der Waals surface area contributed by atoms with E-state index in [1.807, 2.05) is 0 Å². The standard InChI is InChI=1S/C6H14N2S/c1-3-6(2)4-7-8-9-5-6/h7-8H,3-5H2,1-2H3. The van der Waals surface area contributed by atoms with Crippen molar-refractivity contribution in [1.82, 2.24) is 10.3 Å². The number of hydrogen-bond donors (Lipinski definition) is 2. The lowest BCUT2D eigenvalue weighted by atomic mass is 9.90. The van der Waals surface area contributed by atoms with Gasteiger partial charge in [-0.15, -0.1) is 0 Å². The molecule has 1 atom stereocenters. The van der Waals surface area contributed by atoms with Gasteiger partial charge in [-0.05, 0) is 11.8 Å². The molecule has 2 N–H and O–H groups in total. The second-order valence-electron chi connectivity index (χ2n) is 2.91. The third-order valence-corrected chi connectivity index (χ3v) is 3.06. The Morgan fingerprint density at radius 2 is 2.44 bits per heavy atom. The molecule has 0 aliphatic carbocycles. The van der Waals surface area contributed by atoms with Gasteiger partial charge in [-0.2, -0.15) is 0 Å². The summed E-state index contributed by atoms with van der Waals surface area (Å²) >= 11 is 1.77. The smallest absolute Gasteiger partial charge is 0.0171 e. The first-order chi connectivity index (χ1) is 4.27. The van der Waals surface area contributed by atoms with Gasteiger partial charge in [-0.1, -0.05) is 25.8 Å². The van der Waals surface area contributed by atoms with E-state index in [0.717, 1.165) is 6.54 Å². The highest BCUT2D eigenvalue weighted by Crippen LogP contribution is 2.26. The van der Waals surface area contributed by atoms with Crippen molar-refractivity contribution < 1.29 is 0 Å². The predicted octanol–water partition coefficient (Wildman–Crippen LogP) is 1.16. The van der Waals surface area contributed by atoms with Crippen LogP contribution >= 0.6 is 11.9 Å². The van der Waals surface area contributed by atoms with Crippen molar-refractivity contribution in [3.8, 4) is 0 Å². The van der Waals surface area contributed by atoms with Crippen LogP contribution < -0.4 is 10.3 Å². The van der Waals surface area contributed by atoms with Gasteiger partial charge in [0, 0.05) is 12.3 Å². The maximum Gasteiger partial charge on any atom is 0.0171 e. The first-order valence-corrected chi connectivity index (χ1v) is 4.35. The van der Waals surface area contributed by atoms with Gasteiger partial charge in [0.1, 0.15) is 0 Å². The van der Waals surface area contributed by atoms with Crippen molar-refractivity contribution in [1.29, 1.82) is 0 Å². The third-order valence-electron chi connectivity index (χ3n) is 1.93. The van der Waals surface area contributed by atoms with Gasteiger partial charge in [-0.25, -0.2) is 10.3 Å². The van der Waals surface area contributed by atoms with Gasteiger partial charge >= 0.3 is 0 Å². The Balaban J connectivity index is 2.37. The molecule has 0 aromatic carbocycles. The fraction of sp³-hybridized carbons (Fsp3) is 1.00. The van der Waals surface area contributed by atoms with Crippen LogP contribution in [-0.4, -0.2) is 12.3 Å². The summed E-state index contributed by atoms with van der Waals surface area (Å²) in [5.41, 5.74) is 3.65. The van der Waals surface area contributed by atoms with E-state index in [2.05, 4.69) is 24.1 Å². The first kappa shape index (κ1) is 7.38. The van der Waals surface area contributed by atoms with E-state index in [9.17, 15) is 0 Å². The van der Waals surface area contributed by atoms with E-state index >= 15 is 0 Å². The van der Waals surface area contributed by atoms with E-state index in [1.54, 1.807) is 11.9 Å². The summed E-state index contributed by atoms with van der Waals surface area (Å²) < 4.78 is 0. The SMILES string of the molecule is CCC1(C)CNNSC1. The Morgan fingerprint density at radius 1 is 1.67 bits per heavy atom. The normalized spacial score (nSPS) is 36.7. The van der Waals surface area contributed by atoms with E-state index in [-0.39, 0.29) is 0 Å². The molecule has 1 saturated heterocycles. The molecule has 1 aliphatic heterocycles. The number of rotatable bonds is 1. The molecule has 1 heterocycles. The Labute approximate surface area is 60.9 Å². The summed E-state index contributed by atoms with van der Waals surface area (Å²) in [5.74, 6) is 1.22. The van der Waals surface area contributed by atoms with Crippen molar-refractivity contribution in [2.24, 2.45) is 5.41 Å². The third kappa shape index (κ3) is 1.85. The number of nitrogens with one attached hydrogen (secondary N) is 2. The molecule has 1 fully saturated rings. The molecule has 1 rings (SSSR count).